The number of hydrogen-bond donors (Lipinski definition) is 0. The van der Waals surface area contributed by atoms with Gasteiger partial charge in [0, 0.05) is 27.1 Å². The summed E-state index contributed by atoms with van der Waals surface area (Å²) in [4.78, 5) is 4.14. The minimum absolute atomic E-state index is 0.0456. The van der Waals surface area contributed by atoms with E-state index in [-0.39, 0.29) is 5.75 Å². The number of thioether (sulfide) groups is 1. The molecular formula is C8H9BrClNO2S2. The van der Waals surface area contributed by atoms with Crippen LogP contribution in [0.2, 0.25) is 0 Å². The normalized spacial score (nSPS) is 11.7. The lowest BCUT2D eigenvalue weighted by Crippen LogP contribution is -1.99. The SMILES string of the molecule is Cc1cc(SCCS(=O)(=O)Cl)ncc1Br. The first-order chi connectivity index (χ1) is 6.88. The summed E-state index contributed by atoms with van der Waals surface area (Å²) in [5.41, 5.74) is 1.07. The summed E-state index contributed by atoms with van der Waals surface area (Å²) in [6.45, 7) is 1.95. The van der Waals surface area contributed by atoms with Crippen LogP contribution in [0, 0.1) is 6.92 Å². The van der Waals surface area contributed by atoms with E-state index >= 15 is 0 Å². The first-order valence-electron chi connectivity index (χ1n) is 4.06. The molecular weight excluding hydrogens is 322 g/mol. The molecule has 1 aromatic heterocycles. The maximum atomic E-state index is 10.7. The Kier molecular flexibility index (Phi) is 4.89. The highest BCUT2D eigenvalue weighted by Crippen LogP contribution is 2.21. The summed E-state index contributed by atoms with van der Waals surface area (Å²) < 4.78 is 22.3. The second-order valence-corrected chi connectivity index (χ2v) is 7.73. The second kappa shape index (κ2) is 5.52. The molecule has 0 amide bonds. The zero-order valence-corrected chi connectivity index (χ0v) is 11.9. The standard InChI is InChI=1S/C8H9BrClNO2S2/c1-6-4-8(11-5-7(6)9)14-2-3-15(10,12)13/h4-5H,2-3H2,1H3. The molecule has 15 heavy (non-hydrogen) atoms. The lowest BCUT2D eigenvalue weighted by molar-refractivity contribution is 0.611. The molecule has 0 aliphatic heterocycles. The van der Waals surface area contributed by atoms with Gasteiger partial charge in [-0.15, -0.1) is 11.8 Å². The van der Waals surface area contributed by atoms with Crippen molar-refractivity contribution >= 4 is 47.4 Å². The smallest absolute Gasteiger partial charge is 0.233 e. The Morgan fingerprint density at radius 1 is 1.60 bits per heavy atom. The van der Waals surface area contributed by atoms with E-state index in [1.807, 2.05) is 13.0 Å². The average molecular weight is 331 g/mol. The van der Waals surface area contributed by atoms with Gasteiger partial charge in [0.15, 0.2) is 0 Å². The molecule has 1 aromatic rings. The third kappa shape index (κ3) is 5.19. The Labute approximate surface area is 106 Å². The van der Waals surface area contributed by atoms with Crippen LogP contribution in [-0.2, 0) is 9.05 Å². The molecule has 0 bridgehead atoms. The van der Waals surface area contributed by atoms with Crippen LogP contribution in [0.3, 0.4) is 0 Å². The van der Waals surface area contributed by atoms with Gasteiger partial charge in [-0.2, -0.15) is 0 Å². The van der Waals surface area contributed by atoms with Gasteiger partial charge in [-0.25, -0.2) is 13.4 Å². The van der Waals surface area contributed by atoms with E-state index in [9.17, 15) is 8.42 Å². The predicted molar refractivity (Wildman–Crippen MR) is 67.0 cm³/mol. The summed E-state index contributed by atoms with van der Waals surface area (Å²) in [7, 11) is 1.69. The van der Waals surface area contributed by atoms with Crippen LogP contribution in [0.5, 0.6) is 0 Å². The minimum atomic E-state index is -3.40. The quantitative estimate of drug-likeness (QED) is 0.629. The van der Waals surface area contributed by atoms with Crippen molar-refractivity contribution < 1.29 is 8.42 Å². The van der Waals surface area contributed by atoms with Crippen LogP contribution in [0.1, 0.15) is 5.56 Å². The van der Waals surface area contributed by atoms with Crippen molar-refractivity contribution in [3.05, 3.63) is 22.3 Å². The first-order valence-corrected chi connectivity index (χ1v) is 8.31. The summed E-state index contributed by atoms with van der Waals surface area (Å²) in [6.07, 6.45) is 1.70. The Bertz CT molecular complexity index is 450. The number of nitrogens with zero attached hydrogens (tertiary/aromatic N) is 1. The van der Waals surface area contributed by atoms with Crippen molar-refractivity contribution in [2.75, 3.05) is 11.5 Å². The number of aryl methyl sites for hydroxylation is 1. The van der Waals surface area contributed by atoms with Crippen molar-refractivity contribution in [1.29, 1.82) is 0 Å². The highest BCUT2D eigenvalue weighted by atomic mass is 79.9. The number of rotatable bonds is 4. The molecule has 0 aromatic carbocycles. The largest absolute Gasteiger partial charge is 0.249 e. The van der Waals surface area contributed by atoms with Crippen molar-refractivity contribution in [3.8, 4) is 0 Å². The summed E-state index contributed by atoms with van der Waals surface area (Å²) in [5.74, 6) is 0.371. The maximum Gasteiger partial charge on any atom is 0.233 e. The van der Waals surface area contributed by atoms with Crippen LogP contribution < -0.4 is 0 Å². The number of aromatic nitrogens is 1. The van der Waals surface area contributed by atoms with Gasteiger partial charge in [-0.05, 0) is 34.5 Å². The van der Waals surface area contributed by atoms with E-state index < -0.39 is 9.05 Å². The van der Waals surface area contributed by atoms with Gasteiger partial charge in [-0.1, -0.05) is 0 Å². The minimum Gasteiger partial charge on any atom is -0.249 e. The van der Waals surface area contributed by atoms with E-state index in [4.69, 9.17) is 10.7 Å². The molecule has 0 saturated carbocycles. The second-order valence-electron chi connectivity index (χ2n) is 2.86. The molecule has 7 heteroatoms. The van der Waals surface area contributed by atoms with Crippen LogP contribution in [0.4, 0.5) is 0 Å². The van der Waals surface area contributed by atoms with Crippen molar-refractivity contribution in [1.82, 2.24) is 4.98 Å². The number of halogens is 2. The zero-order valence-electron chi connectivity index (χ0n) is 7.91. The van der Waals surface area contributed by atoms with Crippen molar-refractivity contribution in [3.63, 3.8) is 0 Å². The fourth-order valence-corrected chi connectivity index (χ4v) is 3.35. The van der Waals surface area contributed by atoms with E-state index in [0.717, 1.165) is 15.1 Å². The molecule has 0 atom stereocenters. The summed E-state index contributed by atoms with van der Waals surface area (Å²) >= 11 is 4.72. The number of hydrogen-bond acceptors (Lipinski definition) is 4. The number of pyridine rings is 1. The molecule has 0 spiro atoms. The average Bonchev–Trinajstić information content (AvgIpc) is 2.09. The van der Waals surface area contributed by atoms with Crippen LogP contribution in [0.25, 0.3) is 0 Å². The van der Waals surface area contributed by atoms with E-state index in [1.165, 1.54) is 11.8 Å². The molecule has 0 saturated heterocycles. The van der Waals surface area contributed by atoms with Gasteiger partial charge in [0.25, 0.3) is 0 Å². The van der Waals surface area contributed by atoms with E-state index in [2.05, 4.69) is 20.9 Å². The molecule has 0 radical (unpaired) electrons. The van der Waals surface area contributed by atoms with Gasteiger partial charge in [0.2, 0.25) is 9.05 Å². The van der Waals surface area contributed by atoms with Crippen molar-refractivity contribution in [2.45, 2.75) is 11.9 Å². The molecule has 0 fully saturated rings. The van der Waals surface area contributed by atoms with Crippen LogP contribution in [0.15, 0.2) is 21.8 Å². The molecule has 0 aliphatic rings. The zero-order chi connectivity index (χ0) is 11.5. The topological polar surface area (TPSA) is 47.0 Å². The van der Waals surface area contributed by atoms with Gasteiger partial charge in [0.1, 0.15) is 0 Å². The van der Waals surface area contributed by atoms with Gasteiger partial charge in [-0.3, -0.25) is 0 Å². The monoisotopic (exact) mass is 329 g/mol. The predicted octanol–water partition coefficient (Wildman–Crippen LogP) is 2.81. The molecule has 1 rings (SSSR count). The molecule has 1 heterocycles. The fourth-order valence-electron chi connectivity index (χ4n) is 0.838. The maximum absolute atomic E-state index is 10.7. The third-order valence-electron chi connectivity index (χ3n) is 1.60. The van der Waals surface area contributed by atoms with E-state index in [1.54, 1.807) is 6.20 Å². The Morgan fingerprint density at radius 3 is 2.80 bits per heavy atom. The third-order valence-corrected chi connectivity index (χ3v) is 4.77. The summed E-state index contributed by atoms with van der Waals surface area (Å²) in [5, 5.41) is 0.802. The Balaban J connectivity index is 2.55. The molecule has 84 valence electrons. The molecule has 0 aliphatic carbocycles. The van der Waals surface area contributed by atoms with E-state index in [0.29, 0.717) is 5.75 Å². The Morgan fingerprint density at radius 2 is 2.27 bits per heavy atom. The highest BCUT2D eigenvalue weighted by molar-refractivity contribution is 9.10. The molecule has 0 N–H and O–H groups in total. The van der Waals surface area contributed by atoms with Gasteiger partial charge in [0.05, 0.1) is 10.8 Å². The highest BCUT2D eigenvalue weighted by Gasteiger charge is 2.06. The van der Waals surface area contributed by atoms with Crippen LogP contribution in [-0.4, -0.2) is 24.9 Å². The lowest BCUT2D eigenvalue weighted by Gasteiger charge is -2.02. The Hall–Kier alpha value is 0.220. The van der Waals surface area contributed by atoms with Gasteiger partial charge < -0.3 is 0 Å². The van der Waals surface area contributed by atoms with Gasteiger partial charge >= 0.3 is 0 Å². The lowest BCUT2D eigenvalue weighted by atomic mass is 10.3. The van der Waals surface area contributed by atoms with Crippen LogP contribution >= 0.6 is 38.4 Å². The first kappa shape index (κ1) is 13.3. The molecule has 0 unspecified atom stereocenters. The fraction of sp³-hybridized carbons (Fsp3) is 0.375. The van der Waals surface area contributed by atoms with Crippen molar-refractivity contribution in [2.24, 2.45) is 0 Å². The molecule has 3 nitrogen and oxygen atoms in total. The summed E-state index contributed by atoms with van der Waals surface area (Å²) in [6, 6.07) is 1.90.